The second-order valence-corrected chi connectivity index (χ2v) is 6.49. The van der Waals surface area contributed by atoms with Gasteiger partial charge in [-0.05, 0) is 57.8 Å². The maximum atomic E-state index is 11.6. The zero-order valence-corrected chi connectivity index (χ0v) is 11.5. The molecule has 1 N–H and O–H groups in total. The highest BCUT2D eigenvalue weighted by molar-refractivity contribution is 5.75. The summed E-state index contributed by atoms with van der Waals surface area (Å²) in [6.07, 6.45) is 5.16. The van der Waals surface area contributed by atoms with Crippen molar-refractivity contribution in [3.8, 4) is 0 Å². The molecule has 0 aliphatic heterocycles. The molecule has 17 heavy (non-hydrogen) atoms. The first kappa shape index (κ1) is 12.7. The summed E-state index contributed by atoms with van der Waals surface area (Å²) in [5.41, 5.74) is 2.54. The van der Waals surface area contributed by atoms with E-state index in [4.69, 9.17) is 0 Å². The van der Waals surface area contributed by atoms with E-state index >= 15 is 0 Å². The predicted octanol–water partition coefficient (Wildman–Crippen LogP) is 4.01. The molecule has 0 heterocycles. The number of carboxylic acids is 1. The highest BCUT2D eigenvalue weighted by atomic mass is 16.4. The zero-order chi connectivity index (χ0) is 12.8. The van der Waals surface area contributed by atoms with Crippen LogP contribution in [0.3, 0.4) is 0 Å². The summed E-state index contributed by atoms with van der Waals surface area (Å²) < 4.78 is 0. The SMILES string of the molecule is CC1=C(C)[C@@]2(C)CCC[C@@](C)(C(=O)O)C2CC1. The minimum absolute atomic E-state index is 0.119. The molecule has 0 aromatic carbocycles. The summed E-state index contributed by atoms with van der Waals surface area (Å²) in [6.45, 7) is 8.68. The Hall–Kier alpha value is -0.790. The largest absolute Gasteiger partial charge is 0.481 e. The van der Waals surface area contributed by atoms with Crippen molar-refractivity contribution in [3.05, 3.63) is 11.1 Å². The molecule has 2 nitrogen and oxygen atoms in total. The summed E-state index contributed by atoms with van der Waals surface area (Å²) >= 11 is 0. The molecule has 2 aliphatic rings. The van der Waals surface area contributed by atoms with Gasteiger partial charge in [-0.3, -0.25) is 4.79 Å². The van der Waals surface area contributed by atoms with E-state index in [9.17, 15) is 9.90 Å². The van der Waals surface area contributed by atoms with Gasteiger partial charge >= 0.3 is 5.97 Å². The van der Waals surface area contributed by atoms with Gasteiger partial charge in [-0.1, -0.05) is 24.5 Å². The number of allylic oxidation sites excluding steroid dienone is 2. The van der Waals surface area contributed by atoms with Gasteiger partial charge in [-0.2, -0.15) is 0 Å². The zero-order valence-electron chi connectivity index (χ0n) is 11.5. The third-order valence-corrected chi connectivity index (χ3v) is 5.72. The molecule has 0 saturated heterocycles. The van der Waals surface area contributed by atoms with Crippen molar-refractivity contribution in [2.75, 3.05) is 0 Å². The van der Waals surface area contributed by atoms with Gasteiger partial charge in [0.05, 0.1) is 5.41 Å². The van der Waals surface area contributed by atoms with Crippen molar-refractivity contribution in [1.82, 2.24) is 0 Å². The molecule has 0 bridgehead atoms. The Balaban J connectivity index is 2.47. The van der Waals surface area contributed by atoms with E-state index in [0.29, 0.717) is 5.92 Å². The summed E-state index contributed by atoms with van der Waals surface area (Å²) in [7, 11) is 0. The van der Waals surface area contributed by atoms with E-state index in [1.54, 1.807) is 0 Å². The fourth-order valence-corrected chi connectivity index (χ4v) is 4.25. The average molecular weight is 236 g/mol. The van der Waals surface area contributed by atoms with Crippen molar-refractivity contribution in [2.45, 2.75) is 59.8 Å². The van der Waals surface area contributed by atoms with Crippen LogP contribution in [-0.2, 0) is 4.79 Å². The maximum Gasteiger partial charge on any atom is 0.309 e. The number of fused-ring (bicyclic) bond motifs is 1. The topological polar surface area (TPSA) is 37.3 Å². The van der Waals surface area contributed by atoms with Gasteiger partial charge in [-0.25, -0.2) is 0 Å². The van der Waals surface area contributed by atoms with E-state index in [-0.39, 0.29) is 5.41 Å². The van der Waals surface area contributed by atoms with Gasteiger partial charge in [0, 0.05) is 0 Å². The molecule has 0 aromatic heterocycles. The normalized spacial score (nSPS) is 42.2. The second kappa shape index (κ2) is 3.86. The lowest BCUT2D eigenvalue weighted by atomic mass is 9.50. The molecular formula is C15H24O2. The predicted molar refractivity (Wildman–Crippen MR) is 68.8 cm³/mol. The molecule has 0 aromatic rings. The molecule has 2 rings (SSSR count). The van der Waals surface area contributed by atoms with Crippen LogP contribution in [0.25, 0.3) is 0 Å². The minimum Gasteiger partial charge on any atom is -0.481 e. The molecule has 0 spiro atoms. The molecular weight excluding hydrogens is 212 g/mol. The van der Waals surface area contributed by atoms with Crippen molar-refractivity contribution in [1.29, 1.82) is 0 Å². The highest BCUT2D eigenvalue weighted by Crippen LogP contribution is 2.59. The number of hydrogen-bond donors (Lipinski definition) is 1. The molecule has 2 heteroatoms. The first-order valence-electron chi connectivity index (χ1n) is 6.72. The highest BCUT2D eigenvalue weighted by Gasteiger charge is 2.54. The lowest BCUT2D eigenvalue weighted by Crippen LogP contribution is -2.50. The van der Waals surface area contributed by atoms with E-state index in [0.717, 1.165) is 32.1 Å². The first-order valence-corrected chi connectivity index (χ1v) is 6.72. The van der Waals surface area contributed by atoms with Crippen molar-refractivity contribution < 1.29 is 9.90 Å². The lowest BCUT2D eigenvalue weighted by molar-refractivity contribution is -0.159. The summed E-state index contributed by atoms with van der Waals surface area (Å²) in [6, 6.07) is 0. The van der Waals surface area contributed by atoms with Gasteiger partial charge in [-0.15, -0.1) is 0 Å². The van der Waals surface area contributed by atoms with Crippen LogP contribution in [0.2, 0.25) is 0 Å². The summed E-state index contributed by atoms with van der Waals surface area (Å²) in [5, 5.41) is 9.59. The minimum atomic E-state index is -0.597. The summed E-state index contributed by atoms with van der Waals surface area (Å²) in [5.74, 6) is -0.286. The standard InChI is InChI=1S/C15H24O2/c1-10-6-7-12-14(3,11(10)2)8-5-9-15(12,4)13(16)17/h12H,5-9H2,1-4H3,(H,16,17)/t12?,14-,15-/m1/s1. The van der Waals surface area contributed by atoms with Crippen LogP contribution in [0, 0.1) is 16.7 Å². The van der Waals surface area contributed by atoms with Gasteiger partial charge in [0.25, 0.3) is 0 Å². The summed E-state index contributed by atoms with van der Waals surface area (Å²) in [4.78, 5) is 11.6. The molecule has 3 atom stereocenters. The van der Waals surface area contributed by atoms with Crippen molar-refractivity contribution >= 4 is 5.97 Å². The van der Waals surface area contributed by atoms with E-state index in [1.807, 2.05) is 6.92 Å². The van der Waals surface area contributed by atoms with Crippen molar-refractivity contribution in [3.63, 3.8) is 0 Å². The Morgan fingerprint density at radius 2 is 1.94 bits per heavy atom. The van der Waals surface area contributed by atoms with Crippen LogP contribution in [-0.4, -0.2) is 11.1 Å². The van der Waals surface area contributed by atoms with E-state index in [1.165, 1.54) is 11.1 Å². The number of carboxylic acid groups (broad SMARTS) is 1. The Kier molecular flexibility index (Phi) is 2.87. The Bertz CT molecular complexity index is 382. The van der Waals surface area contributed by atoms with Crippen LogP contribution in [0.15, 0.2) is 11.1 Å². The monoisotopic (exact) mass is 236 g/mol. The van der Waals surface area contributed by atoms with Gasteiger partial charge < -0.3 is 5.11 Å². The van der Waals surface area contributed by atoms with E-state index < -0.39 is 11.4 Å². The fourth-order valence-electron chi connectivity index (χ4n) is 4.25. The smallest absolute Gasteiger partial charge is 0.309 e. The number of rotatable bonds is 1. The molecule has 96 valence electrons. The van der Waals surface area contributed by atoms with Gasteiger partial charge in [0.2, 0.25) is 0 Å². The van der Waals surface area contributed by atoms with Crippen LogP contribution in [0.1, 0.15) is 59.8 Å². The van der Waals surface area contributed by atoms with Crippen LogP contribution in [0.4, 0.5) is 0 Å². The number of aliphatic carboxylic acids is 1. The Morgan fingerprint density at radius 3 is 2.53 bits per heavy atom. The third-order valence-electron chi connectivity index (χ3n) is 5.72. The lowest BCUT2D eigenvalue weighted by Gasteiger charge is -2.53. The molecule has 1 fully saturated rings. The van der Waals surface area contributed by atoms with Crippen molar-refractivity contribution in [2.24, 2.45) is 16.7 Å². The fraction of sp³-hybridized carbons (Fsp3) is 0.800. The van der Waals surface area contributed by atoms with E-state index in [2.05, 4.69) is 20.8 Å². The number of carbonyl (C=O) groups is 1. The second-order valence-electron chi connectivity index (χ2n) is 6.49. The number of hydrogen-bond acceptors (Lipinski definition) is 1. The van der Waals surface area contributed by atoms with Gasteiger partial charge in [0.1, 0.15) is 0 Å². The molecule has 1 saturated carbocycles. The Morgan fingerprint density at radius 1 is 1.29 bits per heavy atom. The quantitative estimate of drug-likeness (QED) is 0.698. The molecule has 1 unspecified atom stereocenters. The van der Waals surface area contributed by atoms with Crippen LogP contribution in [0.5, 0.6) is 0 Å². The van der Waals surface area contributed by atoms with Crippen LogP contribution < -0.4 is 0 Å². The molecule has 2 aliphatic carbocycles. The average Bonchev–Trinajstić information content (AvgIpc) is 2.25. The molecule has 0 amide bonds. The third kappa shape index (κ3) is 1.64. The van der Waals surface area contributed by atoms with Crippen LogP contribution >= 0.6 is 0 Å². The molecule has 0 radical (unpaired) electrons. The Labute approximate surface area is 104 Å². The van der Waals surface area contributed by atoms with Gasteiger partial charge in [0.15, 0.2) is 0 Å². The first-order chi connectivity index (χ1) is 7.82. The maximum absolute atomic E-state index is 11.6.